The predicted molar refractivity (Wildman–Crippen MR) is 126 cm³/mol. The molecule has 5 rings (SSSR count). The number of hydrogen-bond donors (Lipinski definition) is 2. The topological polar surface area (TPSA) is 113 Å². The Bertz CT molecular complexity index is 1390. The second-order valence-electron chi connectivity index (χ2n) is 8.34. The van der Waals surface area contributed by atoms with Gasteiger partial charge in [0.1, 0.15) is 22.9 Å². The molecular formula is C25H25N5O4. The van der Waals surface area contributed by atoms with E-state index in [1.165, 1.54) is 18.3 Å². The van der Waals surface area contributed by atoms with Gasteiger partial charge in [0.2, 0.25) is 0 Å². The molecule has 0 radical (unpaired) electrons. The summed E-state index contributed by atoms with van der Waals surface area (Å²) in [7, 11) is 0. The van der Waals surface area contributed by atoms with Crippen molar-refractivity contribution in [3.63, 3.8) is 0 Å². The van der Waals surface area contributed by atoms with Gasteiger partial charge >= 0.3 is 0 Å². The van der Waals surface area contributed by atoms with Crippen molar-refractivity contribution in [2.45, 2.75) is 39.3 Å². The lowest BCUT2D eigenvalue weighted by Gasteiger charge is -2.25. The number of rotatable bonds is 5. The molecule has 2 aromatic carbocycles. The molecule has 1 atom stereocenters. The number of anilines is 1. The van der Waals surface area contributed by atoms with E-state index in [1.807, 2.05) is 24.3 Å². The smallest absolute Gasteiger partial charge is 0.260 e. The molecular weight excluding hydrogens is 434 g/mol. The van der Waals surface area contributed by atoms with E-state index in [4.69, 9.17) is 9.51 Å². The van der Waals surface area contributed by atoms with E-state index >= 15 is 0 Å². The van der Waals surface area contributed by atoms with E-state index in [1.54, 1.807) is 17.9 Å². The van der Waals surface area contributed by atoms with Crippen molar-refractivity contribution in [3.05, 3.63) is 71.4 Å². The third-order valence-electron chi connectivity index (χ3n) is 6.29. The minimum Gasteiger partial charge on any atom is -0.507 e. The summed E-state index contributed by atoms with van der Waals surface area (Å²) in [5.41, 5.74) is 2.76. The molecule has 0 spiro atoms. The molecule has 9 heteroatoms. The number of carbonyl (C=O) groups excluding carboxylic acids is 2. The zero-order chi connectivity index (χ0) is 23.8. The van der Waals surface area contributed by atoms with Gasteiger partial charge < -0.3 is 24.4 Å². The van der Waals surface area contributed by atoms with E-state index in [0.717, 1.165) is 36.2 Å². The fraction of sp³-hybridized carbons (Fsp3) is 0.280. The van der Waals surface area contributed by atoms with Crippen LogP contribution in [0.3, 0.4) is 0 Å². The number of carbonyl (C=O) groups is 2. The van der Waals surface area contributed by atoms with Gasteiger partial charge in [0, 0.05) is 18.8 Å². The van der Waals surface area contributed by atoms with Gasteiger partial charge in [-0.25, -0.2) is 4.98 Å². The largest absolute Gasteiger partial charge is 0.507 e. The zero-order valence-electron chi connectivity index (χ0n) is 19.0. The maximum absolute atomic E-state index is 13.6. The first-order valence-electron chi connectivity index (χ1n) is 11.3. The molecule has 1 aliphatic heterocycles. The van der Waals surface area contributed by atoms with Gasteiger partial charge in [-0.05, 0) is 57.0 Å². The number of fused-ring (bicyclic) bond motifs is 1. The highest BCUT2D eigenvalue weighted by Gasteiger charge is 2.35. The second-order valence-corrected chi connectivity index (χ2v) is 8.34. The number of phenols is 1. The minimum absolute atomic E-state index is 0.130. The summed E-state index contributed by atoms with van der Waals surface area (Å²) < 4.78 is 7.09. The Labute approximate surface area is 196 Å². The summed E-state index contributed by atoms with van der Waals surface area (Å²) in [6.45, 7) is 5.01. The molecule has 174 valence electrons. The lowest BCUT2D eigenvalue weighted by molar-refractivity contribution is 0.0724. The van der Waals surface area contributed by atoms with Crippen molar-refractivity contribution in [2.75, 3.05) is 11.9 Å². The summed E-state index contributed by atoms with van der Waals surface area (Å²) in [4.78, 5) is 32.7. The molecule has 0 aliphatic carbocycles. The molecule has 2 N–H and O–H groups in total. The molecule has 4 aromatic rings. The molecule has 0 saturated carbocycles. The Morgan fingerprint density at radius 2 is 2.03 bits per heavy atom. The number of aromatic nitrogens is 3. The molecule has 1 unspecified atom stereocenters. The SMILES string of the molecule is CCn1c(C2CCCN2C(=O)c2cc(NC(=O)c3cnoc3C)ccc2O)nc2ccccc21. The van der Waals surface area contributed by atoms with Crippen LogP contribution < -0.4 is 5.32 Å². The summed E-state index contributed by atoms with van der Waals surface area (Å²) >= 11 is 0. The summed E-state index contributed by atoms with van der Waals surface area (Å²) in [6, 6.07) is 12.2. The third-order valence-corrected chi connectivity index (χ3v) is 6.29. The highest BCUT2D eigenvalue weighted by atomic mass is 16.5. The van der Waals surface area contributed by atoms with Crippen LogP contribution in [-0.4, -0.2) is 43.1 Å². The quantitative estimate of drug-likeness (QED) is 0.431. The Balaban J connectivity index is 1.44. The zero-order valence-corrected chi connectivity index (χ0v) is 19.0. The van der Waals surface area contributed by atoms with Crippen LogP contribution in [0.1, 0.15) is 58.1 Å². The van der Waals surface area contributed by atoms with Gasteiger partial charge in [-0.1, -0.05) is 17.3 Å². The number of nitrogens with zero attached hydrogens (tertiary/aromatic N) is 4. The van der Waals surface area contributed by atoms with Gasteiger partial charge in [-0.2, -0.15) is 0 Å². The van der Waals surface area contributed by atoms with Gasteiger partial charge in [-0.15, -0.1) is 0 Å². The van der Waals surface area contributed by atoms with Gasteiger partial charge in [0.15, 0.2) is 0 Å². The monoisotopic (exact) mass is 459 g/mol. The first-order chi connectivity index (χ1) is 16.5. The van der Waals surface area contributed by atoms with Crippen molar-refractivity contribution in [1.29, 1.82) is 0 Å². The molecule has 1 saturated heterocycles. The number of aromatic hydroxyl groups is 1. The Morgan fingerprint density at radius 1 is 1.21 bits per heavy atom. The van der Waals surface area contributed by atoms with Crippen molar-refractivity contribution in [3.8, 4) is 5.75 Å². The van der Waals surface area contributed by atoms with Crippen LogP contribution in [0.5, 0.6) is 5.75 Å². The van der Waals surface area contributed by atoms with Crippen molar-refractivity contribution in [1.82, 2.24) is 19.6 Å². The summed E-state index contributed by atoms with van der Waals surface area (Å²) in [6.07, 6.45) is 2.97. The number of phenolic OH excluding ortho intramolecular Hbond substituents is 1. The van der Waals surface area contributed by atoms with Crippen LogP contribution in [0.15, 0.2) is 53.2 Å². The minimum atomic E-state index is -0.404. The molecule has 34 heavy (non-hydrogen) atoms. The number of likely N-dealkylation sites (tertiary alicyclic amines) is 1. The van der Waals surface area contributed by atoms with Crippen LogP contribution in [0.4, 0.5) is 5.69 Å². The number of para-hydroxylation sites is 2. The van der Waals surface area contributed by atoms with E-state index in [9.17, 15) is 14.7 Å². The van der Waals surface area contributed by atoms with Crippen LogP contribution in [0.25, 0.3) is 11.0 Å². The molecule has 2 amide bonds. The molecule has 9 nitrogen and oxygen atoms in total. The van der Waals surface area contributed by atoms with Gasteiger partial charge in [0.25, 0.3) is 11.8 Å². The van der Waals surface area contributed by atoms with Gasteiger partial charge in [0.05, 0.1) is 28.8 Å². The number of benzene rings is 2. The Kier molecular flexibility index (Phi) is 5.53. The third kappa shape index (κ3) is 3.68. The first kappa shape index (κ1) is 21.7. The van der Waals surface area contributed by atoms with Crippen LogP contribution >= 0.6 is 0 Å². The van der Waals surface area contributed by atoms with Crippen LogP contribution in [0.2, 0.25) is 0 Å². The molecule has 1 fully saturated rings. The second kappa shape index (κ2) is 8.66. The molecule has 0 bridgehead atoms. The normalized spacial score (nSPS) is 15.7. The van der Waals surface area contributed by atoms with Crippen molar-refractivity contribution in [2.24, 2.45) is 0 Å². The lowest BCUT2D eigenvalue weighted by Crippen LogP contribution is -2.32. The van der Waals surface area contributed by atoms with E-state index in [2.05, 4.69) is 22.0 Å². The molecule has 1 aliphatic rings. The lowest BCUT2D eigenvalue weighted by atomic mass is 10.1. The maximum Gasteiger partial charge on any atom is 0.260 e. The number of aryl methyl sites for hydroxylation is 2. The highest BCUT2D eigenvalue weighted by Crippen LogP contribution is 2.36. The Morgan fingerprint density at radius 3 is 2.79 bits per heavy atom. The summed E-state index contributed by atoms with van der Waals surface area (Å²) in [5.74, 6) is 0.400. The average Bonchev–Trinajstić information content (AvgIpc) is 3.57. The summed E-state index contributed by atoms with van der Waals surface area (Å²) in [5, 5.41) is 16.9. The van der Waals surface area contributed by atoms with E-state index in [-0.39, 0.29) is 23.3 Å². The standard InChI is InChI=1S/C25H25N5O4/c1-3-29-20-8-5-4-7-19(20)28-23(29)21-9-6-12-30(21)25(33)17-13-16(10-11-22(17)31)27-24(32)18-14-26-34-15(18)2/h4-5,7-8,10-11,13-14,21,31H,3,6,9,12H2,1-2H3,(H,27,32). The van der Waals surface area contributed by atoms with Gasteiger partial charge in [-0.3, -0.25) is 9.59 Å². The Hall–Kier alpha value is -4.14. The van der Waals surface area contributed by atoms with Crippen molar-refractivity contribution < 1.29 is 19.2 Å². The van der Waals surface area contributed by atoms with Crippen molar-refractivity contribution >= 4 is 28.5 Å². The van der Waals surface area contributed by atoms with Crippen LogP contribution in [-0.2, 0) is 6.54 Å². The average molecular weight is 460 g/mol. The first-order valence-corrected chi connectivity index (χ1v) is 11.3. The predicted octanol–water partition coefficient (Wildman–Crippen LogP) is 4.29. The van der Waals surface area contributed by atoms with E-state index < -0.39 is 5.91 Å². The maximum atomic E-state index is 13.6. The molecule has 2 aromatic heterocycles. The number of amides is 2. The van der Waals surface area contributed by atoms with E-state index in [0.29, 0.717) is 23.6 Å². The fourth-order valence-corrected chi connectivity index (χ4v) is 4.61. The number of hydrogen-bond acceptors (Lipinski definition) is 6. The fourth-order valence-electron chi connectivity index (χ4n) is 4.61. The van der Waals surface area contributed by atoms with Crippen LogP contribution in [0, 0.1) is 6.92 Å². The molecule has 3 heterocycles. The highest BCUT2D eigenvalue weighted by molar-refractivity contribution is 6.06. The number of nitrogens with one attached hydrogen (secondary N) is 1. The number of imidazole rings is 1.